The third-order valence-electron chi connectivity index (χ3n) is 3.34. The Hall–Kier alpha value is -2.48. The summed E-state index contributed by atoms with van der Waals surface area (Å²) in [6, 6.07) is 6.74. The summed E-state index contributed by atoms with van der Waals surface area (Å²) >= 11 is 3.13. The maximum absolute atomic E-state index is 13.0. The molecule has 8 heteroatoms. The lowest BCUT2D eigenvalue weighted by Crippen LogP contribution is -2.21. The molecule has 1 N–H and O–H groups in total. The van der Waals surface area contributed by atoms with Crippen molar-refractivity contribution in [1.29, 1.82) is 0 Å². The zero-order valence-electron chi connectivity index (χ0n) is 12.9. The quantitative estimate of drug-likeness (QED) is 0.608. The molecule has 0 aliphatic rings. The number of hydrogen-bond donors (Lipinski definition) is 1. The number of aryl methyl sites for hydroxylation is 2. The van der Waals surface area contributed by atoms with E-state index in [0.29, 0.717) is 10.2 Å². The minimum atomic E-state index is -0.558. The van der Waals surface area contributed by atoms with Crippen LogP contribution in [0.4, 0.5) is 15.8 Å². The predicted octanol–water partition coefficient (Wildman–Crippen LogP) is 4.13. The molecule has 0 saturated heterocycles. The van der Waals surface area contributed by atoms with Gasteiger partial charge in [-0.3, -0.25) is 14.9 Å². The first-order chi connectivity index (χ1) is 11.3. The summed E-state index contributed by atoms with van der Waals surface area (Å²) in [5.74, 6) is -0.705. The van der Waals surface area contributed by atoms with Crippen LogP contribution in [-0.4, -0.2) is 17.4 Å². The van der Waals surface area contributed by atoms with E-state index in [1.165, 1.54) is 24.3 Å². The minimum absolute atomic E-state index is 0.106. The van der Waals surface area contributed by atoms with Crippen LogP contribution >= 0.6 is 15.9 Å². The van der Waals surface area contributed by atoms with E-state index in [0.717, 1.165) is 11.1 Å². The van der Waals surface area contributed by atoms with Crippen LogP contribution in [-0.2, 0) is 4.79 Å². The molecule has 1 amide bonds. The second-order valence-electron chi connectivity index (χ2n) is 5.12. The normalized spacial score (nSPS) is 10.3. The lowest BCUT2D eigenvalue weighted by Gasteiger charge is -2.10. The standard InChI is InChI=1S/C16H14BrFN2O4/c1-9-5-13(14(20(22)23)6-10(9)2)19-16(21)8-24-15-4-3-11(18)7-12(15)17/h3-7H,8H2,1-2H3,(H,19,21). The molecule has 2 aromatic rings. The second-order valence-corrected chi connectivity index (χ2v) is 5.98. The molecule has 0 bridgehead atoms. The molecule has 24 heavy (non-hydrogen) atoms. The summed E-state index contributed by atoms with van der Waals surface area (Å²) < 4.78 is 18.6. The van der Waals surface area contributed by atoms with Crippen LogP contribution in [0.2, 0.25) is 0 Å². The molecule has 0 unspecified atom stereocenters. The van der Waals surface area contributed by atoms with Gasteiger partial charge in [-0.2, -0.15) is 0 Å². The van der Waals surface area contributed by atoms with Crippen molar-refractivity contribution in [2.75, 3.05) is 11.9 Å². The molecule has 2 rings (SSSR count). The molecule has 6 nitrogen and oxygen atoms in total. The Morgan fingerprint density at radius 2 is 1.96 bits per heavy atom. The summed E-state index contributed by atoms with van der Waals surface area (Å²) in [6.45, 7) is 3.18. The van der Waals surface area contributed by atoms with Crippen LogP contribution in [0.5, 0.6) is 5.75 Å². The van der Waals surface area contributed by atoms with Gasteiger partial charge in [0.15, 0.2) is 6.61 Å². The number of carbonyl (C=O) groups is 1. The van der Waals surface area contributed by atoms with Crippen molar-refractivity contribution in [1.82, 2.24) is 0 Å². The van der Waals surface area contributed by atoms with E-state index in [2.05, 4.69) is 21.2 Å². The number of amides is 1. The molecule has 0 aliphatic carbocycles. The largest absolute Gasteiger partial charge is 0.483 e. The first kappa shape index (κ1) is 17.9. The fourth-order valence-corrected chi connectivity index (χ4v) is 2.44. The summed E-state index contributed by atoms with van der Waals surface area (Å²) in [6.07, 6.45) is 0. The number of halogens is 2. The average Bonchev–Trinajstić information content (AvgIpc) is 2.49. The molecule has 2 aromatic carbocycles. The summed E-state index contributed by atoms with van der Waals surface area (Å²) in [7, 11) is 0. The first-order valence-electron chi connectivity index (χ1n) is 6.91. The fraction of sp³-hybridized carbons (Fsp3) is 0.188. The van der Waals surface area contributed by atoms with Gasteiger partial charge in [-0.25, -0.2) is 4.39 Å². The van der Waals surface area contributed by atoms with E-state index in [9.17, 15) is 19.3 Å². The van der Waals surface area contributed by atoms with Gasteiger partial charge in [0.1, 0.15) is 17.3 Å². The SMILES string of the molecule is Cc1cc(NC(=O)COc2ccc(F)cc2Br)c([N+](=O)[O-])cc1C. The maximum atomic E-state index is 13.0. The maximum Gasteiger partial charge on any atom is 0.293 e. The van der Waals surface area contributed by atoms with Crippen molar-refractivity contribution in [3.8, 4) is 5.75 Å². The van der Waals surface area contributed by atoms with Crippen LogP contribution in [0.25, 0.3) is 0 Å². The predicted molar refractivity (Wildman–Crippen MR) is 90.8 cm³/mol. The zero-order valence-corrected chi connectivity index (χ0v) is 14.5. The monoisotopic (exact) mass is 396 g/mol. The van der Waals surface area contributed by atoms with Crippen molar-refractivity contribution < 1.29 is 18.8 Å². The molecule has 0 fully saturated rings. The Bertz CT molecular complexity index is 811. The van der Waals surface area contributed by atoms with Crippen molar-refractivity contribution in [3.05, 3.63) is 61.9 Å². The Morgan fingerprint density at radius 3 is 2.58 bits per heavy atom. The third kappa shape index (κ3) is 4.29. The summed E-state index contributed by atoms with van der Waals surface area (Å²) in [5.41, 5.74) is 1.49. The number of rotatable bonds is 5. The number of nitrogens with one attached hydrogen (secondary N) is 1. The highest BCUT2D eigenvalue weighted by Crippen LogP contribution is 2.28. The molecule has 0 saturated carbocycles. The van der Waals surface area contributed by atoms with Crippen LogP contribution < -0.4 is 10.1 Å². The Labute approximate surface area is 145 Å². The third-order valence-corrected chi connectivity index (χ3v) is 3.96. The van der Waals surface area contributed by atoms with Crippen molar-refractivity contribution in [3.63, 3.8) is 0 Å². The van der Waals surface area contributed by atoms with Crippen LogP contribution in [0, 0.1) is 29.8 Å². The molecule has 0 aromatic heterocycles. The summed E-state index contributed by atoms with van der Waals surface area (Å²) in [4.78, 5) is 22.5. The van der Waals surface area contributed by atoms with Crippen LogP contribution in [0.3, 0.4) is 0 Å². The molecule has 126 valence electrons. The number of hydrogen-bond acceptors (Lipinski definition) is 4. The molecule has 0 radical (unpaired) electrons. The number of carbonyl (C=O) groups excluding carboxylic acids is 1. The highest BCUT2D eigenvalue weighted by Gasteiger charge is 2.18. The number of nitrogens with zero attached hydrogens (tertiary/aromatic N) is 1. The van der Waals surface area contributed by atoms with Gasteiger partial charge in [0, 0.05) is 6.07 Å². The Kier molecular flexibility index (Phi) is 5.50. The zero-order chi connectivity index (χ0) is 17.9. The van der Waals surface area contributed by atoms with Gasteiger partial charge < -0.3 is 10.1 Å². The van der Waals surface area contributed by atoms with Gasteiger partial charge in [-0.1, -0.05) is 0 Å². The van der Waals surface area contributed by atoms with Gasteiger partial charge in [-0.15, -0.1) is 0 Å². The summed E-state index contributed by atoms with van der Waals surface area (Å²) in [5, 5.41) is 13.6. The van der Waals surface area contributed by atoms with Crippen LogP contribution in [0.1, 0.15) is 11.1 Å². The number of nitro benzene ring substituents is 1. The average molecular weight is 397 g/mol. The fourth-order valence-electron chi connectivity index (χ4n) is 1.97. The van der Waals surface area contributed by atoms with Gasteiger partial charge in [-0.05, 0) is 65.2 Å². The van der Waals surface area contributed by atoms with Gasteiger partial charge in [0.25, 0.3) is 11.6 Å². The van der Waals surface area contributed by atoms with E-state index < -0.39 is 16.6 Å². The number of anilines is 1. The van der Waals surface area contributed by atoms with Gasteiger partial charge in [0.05, 0.1) is 9.40 Å². The van der Waals surface area contributed by atoms with Crippen molar-refractivity contribution in [2.24, 2.45) is 0 Å². The number of benzene rings is 2. The van der Waals surface area contributed by atoms with Gasteiger partial charge >= 0.3 is 0 Å². The first-order valence-corrected chi connectivity index (χ1v) is 7.70. The van der Waals surface area contributed by atoms with E-state index >= 15 is 0 Å². The van der Waals surface area contributed by atoms with Crippen molar-refractivity contribution in [2.45, 2.75) is 13.8 Å². The number of nitro groups is 1. The molecular formula is C16H14BrFN2O4. The van der Waals surface area contributed by atoms with E-state index in [4.69, 9.17) is 4.74 Å². The smallest absolute Gasteiger partial charge is 0.293 e. The van der Waals surface area contributed by atoms with E-state index in [1.54, 1.807) is 19.9 Å². The van der Waals surface area contributed by atoms with Crippen molar-refractivity contribution >= 4 is 33.2 Å². The molecule has 0 atom stereocenters. The lowest BCUT2D eigenvalue weighted by molar-refractivity contribution is -0.384. The van der Waals surface area contributed by atoms with E-state index in [1.807, 2.05) is 0 Å². The topological polar surface area (TPSA) is 81.5 Å². The molecule has 0 spiro atoms. The van der Waals surface area contributed by atoms with E-state index in [-0.39, 0.29) is 18.0 Å². The molecule has 0 aliphatic heterocycles. The van der Waals surface area contributed by atoms with Crippen LogP contribution in [0.15, 0.2) is 34.8 Å². The highest BCUT2D eigenvalue weighted by atomic mass is 79.9. The highest BCUT2D eigenvalue weighted by molar-refractivity contribution is 9.10. The van der Waals surface area contributed by atoms with Gasteiger partial charge in [0.2, 0.25) is 0 Å². The Morgan fingerprint density at radius 1 is 1.29 bits per heavy atom. The molecular weight excluding hydrogens is 383 g/mol. The molecule has 0 heterocycles. The minimum Gasteiger partial charge on any atom is -0.483 e. The number of ether oxygens (including phenoxy) is 1. The second kappa shape index (κ2) is 7.39. The Balaban J connectivity index is 2.10. The lowest BCUT2D eigenvalue weighted by atomic mass is 10.1.